The van der Waals surface area contributed by atoms with Gasteiger partial charge in [0.1, 0.15) is 11.9 Å². The summed E-state index contributed by atoms with van der Waals surface area (Å²) in [7, 11) is 1.36. The van der Waals surface area contributed by atoms with E-state index in [1.807, 2.05) is 0 Å². The Labute approximate surface area is 260 Å². The number of rotatable bonds is 8. The van der Waals surface area contributed by atoms with Gasteiger partial charge in [0.25, 0.3) is 11.2 Å². The molecular weight excluding hydrogens is 626 g/mol. The van der Waals surface area contributed by atoms with Gasteiger partial charge in [-0.2, -0.15) is 26.3 Å². The van der Waals surface area contributed by atoms with Crippen LogP contribution < -0.4 is 0 Å². The molecular formula is C32H32F6O8. The van der Waals surface area contributed by atoms with E-state index in [-0.39, 0.29) is 19.3 Å². The molecule has 0 bridgehead atoms. The van der Waals surface area contributed by atoms with Crippen LogP contribution in [0.2, 0.25) is 0 Å². The first-order valence-electron chi connectivity index (χ1n) is 14.0. The molecule has 0 aliphatic carbocycles. The Morgan fingerprint density at radius 1 is 0.783 bits per heavy atom. The zero-order valence-corrected chi connectivity index (χ0v) is 25.0. The zero-order valence-electron chi connectivity index (χ0n) is 25.0. The van der Waals surface area contributed by atoms with Gasteiger partial charge in [-0.05, 0) is 44.4 Å². The minimum atomic E-state index is -5.32. The summed E-state index contributed by atoms with van der Waals surface area (Å²) in [5.41, 5.74) is -8.25. The molecule has 4 atom stereocenters. The topological polar surface area (TPSA) is 97.4 Å². The Hall–Kier alpha value is -4.17. The van der Waals surface area contributed by atoms with E-state index >= 15 is 0 Å². The van der Waals surface area contributed by atoms with E-state index in [4.69, 9.17) is 23.7 Å². The van der Waals surface area contributed by atoms with Gasteiger partial charge < -0.3 is 23.7 Å². The molecule has 0 unspecified atom stereocenters. The Balaban J connectivity index is 2.03. The van der Waals surface area contributed by atoms with Gasteiger partial charge in [-0.15, -0.1) is 0 Å². The molecule has 0 amide bonds. The molecule has 14 heteroatoms. The van der Waals surface area contributed by atoms with E-state index in [0.29, 0.717) is 14.2 Å². The molecule has 2 aromatic rings. The molecule has 2 aromatic carbocycles. The Bertz CT molecular complexity index is 1410. The number of methoxy groups -OCH3 is 2. The lowest BCUT2D eigenvalue weighted by atomic mass is 9.92. The van der Waals surface area contributed by atoms with Crippen molar-refractivity contribution in [3.8, 4) is 0 Å². The maximum Gasteiger partial charge on any atom is 0.432 e. The second-order valence-corrected chi connectivity index (χ2v) is 10.2. The third-order valence-corrected chi connectivity index (χ3v) is 7.19. The number of halogens is 6. The molecule has 0 saturated heterocycles. The van der Waals surface area contributed by atoms with Crippen LogP contribution in [-0.4, -0.2) is 56.7 Å². The minimum Gasteiger partial charge on any atom is -0.462 e. The van der Waals surface area contributed by atoms with E-state index < -0.39 is 77.0 Å². The van der Waals surface area contributed by atoms with Gasteiger partial charge in [0.05, 0.1) is 12.5 Å². The maximum absolute atomic E-state index is 14.4. The summed E-state index contributed by atoms with van der Waals surface area (Å²) < 4.78 is 112. The normalized spacial score (nSPS) is 22.7. The first-order chi connectivity index (χ1) is 21.6. The summed E-state index contributed by atoms with van der Waals surface area (Å²) >= 11 is 0. The predicted octanol–water partition coefficient (Wildman–Crippen LogP) is 6.60. The van der Waals surface area contributed by atoms with Crippen LogP contribution in [0.3, 0.4) is 0 Å². The second-order valence-electron chi connectivity index (χ2n) is 10.2. The van der Waals surface area contributed by atoms with E-state index in [0.717, 1.165) is 42.5 Å². The van der Waals surface area contributed by atoms with Gasteiger partial charge in [0.15, 0.2) is 0 Å². The monoisotopic (exact) mass is 658 g/mol. The van der Waals surface area contributed by atoms with Gasteiger partial charge in [-0.3, -0.25) is 4.79 Å². The molecule has 0 saturated carbocycles. The van der Waals surface area contributed by atoms with Gasteiger partial charge in [-0.25, -0.2) is 9.59 Å². The Morgan fingerprint density at radius 2 is 1.28 bits per heavy atom. The van der Waals surface area contributed by atoms with Crippen molar-refractivity contribution in [1.29, 1.82) is 0 Å². The molecule has 0 aromatic heterocycles. The van der Waals surface area contributed by atoms with Gasteiger partial charge in [-0.1, -0.05) is 60.7 Å². The number of carbonyl (C=O) groups is 3. The first kappa shape index (κ1) is 36.3. The summed E-state index contributed by atoms with van der Waals surface area (Å²) in [6.07, 6.45) is -9.99. The van der Waals surface area contributed by atoms with E-state index in [1.165, 1.54) is 36.4 Å². The number of hydrogen-bond acceptors (Lipinski definition) is 8. The number of esters is 3. The predicted molar refractivity (Wildman–Crippen MR) is 150 cm³/mol. The molecule has 46 heavy (non-hydrogen) atoms. The van der Waals surface area contributed by atoms with Crippen LogP contribution in [0.4, 0.5) is 26.3 Å². The molecule has 250 valence electrons. The highest BCUT2D eigenvalue weighted by atomic mass is 19.4. The summed E-state index contributed by atoms with van der Waals surface area (Å²) in [5, 5.41) is 0. The molecule has 1 aliphatic heterocycles. The van der Waals surface area contributed by atoms with Crippen molar-refractivity contribution in [2.24, 2.45) is 0 Å². The van der Waals surface area contributed by atoms with Crippen molar-refractivity contribution in [2.45, 2.75) is 68.4 Å². The fourth-order valence-corrected chi connectivity index (χ4v) is 4.84. The minimum absolute atomic E-state index is 0.105. The fraction of sp³-hybridized carbons (Fsp3) is 0.406. The average molecular weight is 659 g/mol. The van der Waals surface area contributed by atoms with Crippen molar-refractivity contribution >= 4 is 17.9 Å². The largest absolute Gasteiger partial charge is 0.462 e. The van der Waals surface area contributed by atoms with Crippen LogP contribution in [0, 0.1) is 0 Å². The van der Waals surface area contributed by atoms with Crippen molar-refractivity contribution in [2.75, 3.05) is 14.2 Å². The third kappa shape index (κ3) is 7.79. The zero-order chi connectivity index (χ0) is 34.2. The molecule has 0 radical (unpaired) electrons. The number of carbonyl (C=O) groups excluding carboxylic acids is 3. The van der Waals surface area contributed by atoms with Gasteiger partial charge in [0, 0.05) is 25.3 Å². The summed E-state index contributed by atoms with van der Waals surface area (Å²) in [4.78, 5) is 38.8. The van der Waals surface area contributed by atoms with Crippen molar-refractivity contribution in [1.82, 2.24) is 0 Å². The summed E-state index contributed by atoms with van der Waals surface area (Å²) in [5.74, 6) is -5.13. The summed E-state index contributed by atoms with van der Waals surface area (Å²) in [6, 6.07) is 12.0. The van der Waals surface area contributed by atoms with E-state index in [2.05, 4.69) is 0 Å². The van der Waals surface area contributed by atoms with Crippen molar-refractivity contribution in [3.63, 3.8) is 0 Å². The highest BCUT2D eigenvalue weighted by Crippen LogP contribution is 2.44. The standard InChI is InChI=1S/C32H32F6O8/c1-21-11-10-16-24(45-27(40)29(42-2,31(33,34)35)22-12-6-4-7-13-22)17-18-25(19-20-26(39)44-21)46-28(41)30(43-3,32(36,37)38)23-14-8-5-9-15-23/h4-9,12-15,17-19,21,24H,10-11,16,20H2,1-3H3/b18-17-,25-19-/t21-,24+,29+,30+/m0/s1. The van der Waals surface area contributed by atoms with Gasteiger partial charge in [0.2, 0.25) is 0 Å². The van der Waals surface area contributed by atoms with Crippen LogP contribution in [0.1, 0.15) is 43.7 Å². The van der Waals surface area contributed by atoms with Crippen LogP contribution in [0.5, 0.6) is 0 Å². The number of benzene rings is 2. The van der Waals surface area contributed by atoms with Crippen LogP contribution in [0.15, 0.2) is 84.7 Å². The lowest BCUT2D eigenvalue weighted by molar-refractivity contribution is -0.277. The Kier molecular flexibility index (Phi) is 11.8. The number of allylic oxidation sites excluding steroid dienone is 1. The molecule has 0 N–H and O–H groups in total. The Morgan fingerprint density at radius 3 is 1.76 bits per heavy atom. The smallest absolute Gasteiger partial charge is 0.432 e. The lowest BCUT2D eigenvalue weighted by Gasteiger charge is -2.33. The highest BCUT2D eigenvalue weighted by molar-refractivity contribution is 5.84. The molecule has 0 fully saturated rings. The van der Waals surface area contributed by atoms with E-state index in [1.54, 1.807) is 6.92 Å². The number of hydrogen-bond donors (Lipinski definition) is 0. The molecule has 3 rings (SSSR count). The quantitative estimate of drug-likeness (QED) is 0.178. The van der Waals surface area contributed by atoms with Crippen molar-refractivity contribution < 1.29 is 64.4 Å². The molecule has 1 aliphatic rings. The molecule has 1 heterocycles. The second kappa shape index (κ2) is 14.9. The van der Waals surface area contributed by atoms with Gasteiger partial charge >= 0.3 is 30.3 Å². The highest BCUT2D eigenvalue weighted by Gasteiger charge is 2.65. The average Bonchev–Trinajstić information content (AvgIpc) is 2.98. The maximum atomic E-state index is 14.4. The van der Waals surface area contributed by atoms with Crippen LogP contribution in [-0.2, 0) is 49.3 Å². The lowest BCUT2D eigenvalue weighted by Crippen LogP contribution is -2.52. The molecule has 8 nitrogen and oxygen atoms in total. The summed E-state index contributed by atoms with van der Waals surface area (Å²) in [6.45, 7) is 1.55. The SMILES string of the molecule is CO[C@@](C(=O)OC1=C\CC(=O)O[C@@H](C)CCC[C@@H](OC(=O)[C@](OC)(c2ccccc2)C(F)(F)F)/C=C\1)(c1ccccc1)C(F)(F)F. The van der Waals surface area contributed by atoms with E-state index in [9.17, 15) is 40.7 Å². The molecule has 0 spiro atoms. The van der Waals surface area contributed by atoms with Crippen molar-refractivity contribution in [3.05, 3.63) is 95.8 Å². The van der Waals surface area contributed by atoms with Crippen LogP contribution in [0.25, 0.3) is 0 Å². The fourth-order valence-electron chi connectivity index (χ4n) is 4.84. The number of ether oxygens (including phenoxy) is 5. The van der Waals surface area contributed by atoms with Crippen LogP contribution >= 0.6 is 0 Å². The third-order valence-electron chi connectivity index (χ3n) is 7.19. The number of alkyl halides is 6. The number of cyclic esters (lactones) is 1. The first-order valence-corrected chi connectivity index (χ1v) is 14.0.